The van der Waals surface area contributed by atoms with Gasteiger partial charge in [0.2, 0.25) is 0 Å². The molecule has 1 saturated carbocycles. The fourth-order valence-electron chi connectivity index (χ4n) is 3.83. The molecule has 2 heteroatoms. The molecule has 3 unspecified atom stereocenters. The van der Waals surface area contributed by atoms with Gasteiger partial charge in [0.15, 0.2) is 0 Å². The molecule has 1 N–H and O–H groups in total. The number of hydrogen-bond donors (Lipinski definition) is 1. The van der Waals surface area contributed by atoms with E-state index in [4.69, 9.17) is 0 Å². The highest BCUT2D eigenvalue weighted by Crippen LogP contribution is 2.34. The summed E-state index contributed by atoms with van der Waals surface area (Å²) in [6.45, 7) is 7.57. The predicted molar refractivity (Wildman–Crippen MR) is 88.0 cm³/mol. The van der Waals surface area contributed by atoms with Crippen LogP contribution in [0.4, 0.5) is 4.39 Å². The van der Waals surface area contributed by atoms with Crippen LogP contribution < -0.4 is 5.32 Å². The van der Waals surface area contributed by atoms with Crippen molar-refractivity contribution in [3.05, 3.63) is 35.1 Å². The average Bonchev–Trinajstić information content (AvgIpc) is 2.50. The number of nitrogens with one attached hydrogen (secondary N) is 1. The summed E-state index contributed by atoms with van der Waals surface area (Å²) >= 11 is 0. The standard InChI is InChI=1S/C19H30FN/c1-4-15-7-6-8-16(11-15)19(21-5-2)13-17-12-18(20)10-9-14(17)3/h9-10,12,15-16,19,21H,4-8,11,13H2,1-3H3. The molecule has 21 heavy (non-hydrogen) atoms. The first kappa shape index (κ1) is 16.5. The summed E-state index contributed by atoms with van der Waals surface area (Å²) in [7, 11) is 0. The van der Waals surface area contributed by atoms with Crippen LogP contribution in [0.2, 0.25) is 0 Å². The highest BCUT2D eigenvalue weighted by Gasteiger charge is 2.27. The second kappa shape index (κ2) is 7.93. The SMILES string of the molecule is CCNC(Cc1cc(F)ccc1C)C1CCCC(CC)C1. The zero-order valence-electron chi connectivity index (χ0n) is 13.8. The van der Waals surface area contributed by atoms with Crippen LogP contribution in [0.3, 0.4) is 0 Å². The van der Waals surface area contributed by atoms with Gasteiger partial charge in [-0.3, -0.25) is 0 Å². The monoisotopic (exact) mass is 291 g/mol. The van der Waals surface area contributed by atoms with Crippen molar-refractivity contribution in [3.8, 4) is 0 Å². The summed E-state index contributed by atoms with van der Waals surface area (Å²) in [6, 6.07) is 5.68. The molecule has 1 aromatic carbocycles. The molecule has 1 aliphatic rings. The summed E-state index contributed by atoms with van der Waals surface area (Å²) in [6.07, 6.45) is 7.66. The van der Waals surface area contributed by atoms with E-state index in [-0.39, 0.29) is 5.82 Å². The summed E-state index contributed by atoms with van der Waals surface area (Å²) in [5, 5.41) is 3.67. The number of likely N-dealkylation sites (N-methyl/N-ethyl adjacent to an activating group) is 1. The lowest BCUT2D eigenvalue weighted by atomic mass is 9.75. The lowest BCUT2D eigenvalue weighted by Crippen LogP contribution is -2.40. The van der Waals surface area contributed by atoms with Crippen LogP contribution in [0.5, 0.6) is 0 Å². The normalized spacial score (nSPS) is 24.0. The highest BCUT2D eigenvalue weighted by atomic mass is 19.1. The molecule has 0 saturated heterocycles. The van der Waals surface area contributed by atoms with Gasteiger partial charge in [-0.1, -0.05) is 39.2 Å². The zero-order chi connectivity index (χ0) is 15.2. The minimum atomic E-state index is -0.110. The van der Waals surface area contributed by atoms with Crippen LogP contribution in [0.1, 0.15) is 57.1 Å². The van der Waals surface area contributed by atoms with Gasteiger partial charge in [0.05, 0.1) is 0 Å². The van der Waals surface area contributed by atoms with Gasteiger partial charge in [0, 0.05) is 6.04 Å². The van der Waals surface area contributed by atoms with Crippen molar-refractivity contribution in [1.82, 2.24) is 5.32 Å². The molecule has 2 rings (SSSR count). The molecule has 118 valence electrons. The first-order chi connectivity index (χ1) is 10.1. The minimum Gasteiger partial charge on any atom is -0.314 e. The summed E-state index contributed by atoms with van der Waals surface area (Å²) < 4.78 is 13.5. The van der Waals surface area contributed by atoms with E-state index in [2.05, 4.69) is 26.1 Å². The van der Waals surface area contributed by atoms with Gasteiger partial charge in [0.25, 0.3) is 0 Å². The molecule has 0 aliphatic heterocycles. The van der Waals surface area contributed by atoms with Crippen LogP contribution in [0.15, 0.2) is 18.2 Å². The predicted octanol–water partition coefficient (Wildman–Crippen LogP) is 4.87. The Morgan fingerprint density at radius 1 is 1.29 bits per heavy atom. The lowest BCUT2D eigenvalue weighted by Gasteiger charge is -2.35. The average molecular weight is 291 g/mol. The molecular weight excluding hydrogens is 261 g/mol. The fourth-order valence-corrected chi connectivity index (χ4v) is 3.83. The van der Waals surface area contributed by atoms with Gasteiger partial charge in [-0.25, -0.2) is 4.39 Å². The van der Waals surface area contributed by atoms with Gasteiger partial charge >= 0.3 is 0 Å². The van der Waals surface area contributed by atoms with E-state index < -0.39 is 0 Å². The lowest BCUT2D eigenvalue weighted by molar-refractivity contribution is 0.208. The maximum atomic E-state index is 13.5. The smallest absolute Gasteiger partial charge is 0.123 e. The van der Waals surface area contributed by atoms with Crippen molar-refractivity contribution in [2.45, 2.75) is 65.3 Å². The van der Waals surface area contributed by atoms with E-state index >= 15 is 0 Å². The third-order valence-corrected chi connectivity index (χ3v) is 5.19. The molecule has 0 radical (unpaired) electrons. The Morgan fingerprint density at radius 2 is 2.10 bits per heavy atom. The molecule has 0 spiro atoms. The maximum absolute atomic E-state index is 13.5. The molecular formula is C19H30FN. The third kappa shape index (κ3) is 4.54. The summed E-state index contributed by atoms with van der Waals surface area (Å²) in [4.78, 5) is 0. The first-order valence-corrected chi connectivity index (χ1v) is 8.62. The molecule has 0 bridgehead atoms. The summed E-state index contributed by atoms with van der Waals surface area (Å²) in [5.74, 6) is 1.52. The topological polar surface area (TPSA) is 12.0 Å². The quantitative estimate of drug-likeness (QED) is 0.788. The number of aryl methyl sites for hydroxylation is 1. The van der Waals surface area contributed by atoms with Crippen molar-refractivity contribution in [3.63, 3.8) is 0 Å². The van der Waals surface area contributed by atoms with Crippen LogP contribution in [-0.2, 0) is 6.42 Å². The Bertz CT molecular complexity index is 443. The van der Waals surface area contributed by atoms with Crippen LogP contribution in [-0.4, -0.2) is 12.6 Å². The molecule has 1 fully saturated rings. The minimum absolute atomic E-state index is 0.110. The molecule has 1 aliphatic carbocycles. The Labute approximate surface area is 129 Å². The van der Waals surface area contributed by atoms with E-state index in [1.807, 2.05) is 6.07 Å². The molecule has 3 atom stereocenters. The van der Waals surface area contributed by atoms with E-state index in [9.17, 15) is 4.39 Å². The Balaban J connectivity index is 2.09. The van der Waals surface area contributed by atoms with Crippen molar-refractivity contribution >= 4 is 0 Å². The Hall–Kier alpha value is -0.890. The van der Waals surface area contributed by atoms with Gasteiger partial charge < -0.3 is 5.32 Å². The summed E-state index contributed by atoms with van der Waals surface area (Å²) in [5.41, 5.74) is 2.38. The molecule has 0 heterocycles. The van der Waals surface area contributed by atoms with Gasteiger partial charge in [-0.2, -0.15) is 0 Å². The second-order valence-electron chi connectivity index (χ2n) is 6.64. The number of halogens is 1. The molecule has 1 nitrogen and oxygen atoms in total. The molecule has 1 aromatic rings. The van der Waals surface area contributed by atoms with Crippen LogP contribution in [0, 0.1) is 24.6 Å². The maximum Gasteiger partial charge on any atom is 0.123 e. The molecule has 0 aromatic heterocycles. The van der Waals surface area contributed by atoms with Gasteiger partial charge in [-0.05, 0) is 67.8 Å². The third-order valence-electron chi connectivity index (χ3n) is 5.19. The Kier molecular flexibility index (Phi) is 6.22. The van der Waals surface area contributed by atoms with Crippen LogP contribution in [0.25, 0.3) is 0 Å². The number of rotatable bonds is 6. The van der Waals surface area contributed by atoms with Crippen molar-refractivity contribution in [2.24, 2.45) is 11.8 Å². The Morgan fingerprint density at radius 3 is 2.81 bits per heavy atom. The van der Waals surface area contributed by atoms with E-state index in [0.29, 0.717) is 6.04 Å². The van der Waals surface area contributed by atoms with Gasteiger partial charge in [0.1, 0.15) is 5.82 Å². The second-order valence-corrected chi connectivity index (χ2v) is 6.64. The largest absolute Gasteiger partial charge is 0.314 e. The fraction of sp³-hybridized carbons (Fsp3) is 0.684. The van der Waals surface area contributed by atoms with Crippen LogP contribution >= 0.6 is 0 Å². The van der Waals surface area contributed by atoms with Crippen molar-refractivity contribution in [2.75, 3.05) is 6.54 Å². The number of benzene rings is 1. The highest BCUT2D eigenvalue weighted by molar-refractivity contribution is 5.27. The van der Waals surface area contributed by atoms with E-state index in [1.165, 1.54) is 43.2 Å². The van der Waals surface area contributed by atoms with E-state index in [0.717, 1.165) is 24.8 Å². The number of hydrogen-bond acceptors (Lipinski definition) is 1. The van der Waals surface area contributed by atoms with E-state index in [1.54, 1.807) is 12.1 Å². The first-order valence-electron chi connectivity index (χ1n) is 8.62. The van der Waals surface area contributed by atoms with Gasteiger partial charge in [-0.15, -0.1) is 0 Å². The van der Waals surface area contributed by atoms with Crippen molar-refractivity contribution < 1.29 is 4.39 Å². The zero-order valence-corrected chi connectivity index (χ0v) is 13.8. The van der Waals surface area contributed by atoms with Crippen molar-refractivity contribution in [1.29, 1.82) is 0 Å². The molecule has 0 amide bonds.